The van der Waals surface area contributed by atoms with Crippen molar-refractivity contribution in [1.29, 1.82) is 0 Å². The Kier molecular flexibility index (Phi) is 4.45. The number of benzene rings is 1. The zero-order chi connectivity index (χ0) is 13.9. The van der Waals surface area contributed by atoms with Crippen LogP contribution in [-0.2, 0) is 4.74 Å². The van der Waals surface area contributed by atoms with E-state index < -0.39 is 5.60 Å². The monoisotopic (exact) mass is 265 g/mol. The third-order valence-electron chi connectivity index (χ3n) is 3.23. The summed E-state index contributed by atoms with van der Waals surface area (Å²) in [5, 5.41) is 9.91. The predicted molar refractivity (Wildman–Crippen MR) is 74.4 cm³/mol. The molecular formula is C15H23NO3. The van der Waals surface area contributed by atoms with E-state index in [4.69, 9.17) is 9.47 Å². The van der Waals surface area contributed by atoms with Crippen LogP contribution in [0.2, 0.25) is 0 Å². The lowest BCUT2D eigenvalue weighted by atomic mass is 10.1. The van der Waals surface area contributed by atoms with E-state index in [0.717, 1.165) is 24.4 Å². The van der Waals surface area contributed by atoms with Gasteiger partial charge in [0.1, 0.15) is 5.75 Å². The summed E-state index contributed by atoms with van der Waals surface area (Å²) in [5.41, 5.74) is 0.454. The Labute approximate surface area is 114 Å². The fourth-order valence-electron chi connectivity index (χ4n) is 2.44. The molecule has 0 spiro atoms. The molecule has 1 heterocycles. The summed E-state index contributed by atoms with van der Waals surface area (Å²) >= 11 is 0. The Bertz CT molecular complexity index is 414. The normalized spacial score (nSPS) is 21.4. The third kappa shape index (κ3) is 4.20. The van der Waals surface area contributed by atoms with Crippen molar-refractivity contribution in [1.82, 2.24) is 4.90 Å². The lowest BCUT2D eigenvalue weighted by Crippen LogP contribution is -2.45. The van der Waals surface area contributed by atoms with Crippen molar-refractivity contribution in [3.63, 3.8) is 0 Å². The summed E-state index contributed by atoms with van der Waals surface area (Å²) < 4.78 is 11.1. The second-order valence-corrected chi connectivity index (χ2v) is 5.68. The molecule has 106 valence electrons. The average Bonchev–Trinajstić information content (AvgIpc) is 2.37. The van der Waals surface area contributed by atoms with Gasteiger partial charge in [0.05, 0.1) is 25.4 Å². The van der Waals surface area contributed by atoms with Crippen LogP contribution in [-0.4, -0.2) is 49.0 Å². The first-order valence-corrected chi connectivity index (χ1v) is 6.68. The maximum Gasteiger partial charge on any atom is 0.119 e. The van der Waals surface area contributed by atoms with Gasteiger partial charge in [-0.15, -0.1) is 0 Å². The number of hydrogen-bond acceptors (Lipinski definition) is 4. The molecular weight excluding hydrogens is 242 g/mol. The smallest absolute Gasteiger partial charge is 0.119 e. The van der Waals surface area contributed by atoms with Crippen molar-refractivity contribution >= 4 is 0 Å². The quantitative estimate of drug-likeness (QED) is 0.902. The van der Waals surface area contributed by atoms with E-state index in [0.29, 0.717) is 13.2 Å². The molecule has 0 radical (unpaired) electrons. The molecule has 0 bridgehead atoms. The summed E-state index contributed by atoms with van der Waals surface area (Å²) in [4.78, 5) is 2.24. The molecule has 1 aliphatic rings. The zero-order valence-electron chi connectivity index (χ0n) is 11.9. The highest BCUT2D eigenvalue weighted by Gasteiger charge is 2.26. The summed E-state index contributed by atoms with van der Waals surface area (Å²) in [7, 11) is 1.67. The molecule has 1 unspecified atom stereocenters. The van der Waals surface area contributed by atoms with Crippen LogP contribution in [0.25, 0.3) is 0 Å². The van der Waals surface area contributed by atoms with Gasteiger partial charge in [0.15, 0.2) is 0 Å². The number of morpholine rings is 1. The molecule has 19 heavy (non-hydrogen) atoms. The van der Waals surface area contributed by atoms with Crippen LogP contribution in [0.5, 0.6) is 5.75 Å². The van der Waals surface area contributed by atoms with Crippen LogP contribution >= 0.6 is 0 Å². The van der Waals surface area contributed by atoms with Crippen molar-refractivity contribution in [3.8, 4) is 5.75 Å². The average molecular weight is 265 g/mol. The minimum atomic E-state index is -0.670. The highest BCUT2D eigenvalue weighted by molar-refractivity contribution is 5.30. The van der Waals surface area contributed by atoms with Gasteiger partial charge in [-0.1, -0.05) is 12.1 Å². The maximum atomic E-state index is 9.91. The second kappa shape index (κ2) is 5.90. The molecule has 1 saturated heterocycles. The van der Waals surface area contributed by atoms with Crippen molar-refractivity contribution in [2.75, 3.05) is 33.4 Å². The van der Waals surface area contributed by atoms with Gasteiger partial charge in [0.2, 0.25) is 0 Å². The lowest BCUT2D eigenvalue weighted by Gasteiger charge is -2.36. The minimum absolute atomic E-state index is 0.0474. The summed E-state index contributed by atoms with van der Waals surface area (Å²) in [6.07, 6.45) is 0.0474. The summed E-state index contributed by atoms with van der Waals surface area (Å²) in [5.74, 6) is 0.848. The van der Waals surface area contributed by atoms with E-state index in [1.807, 2.05) is 32.0 Å². The van der Waals surface area contributed by atoms with Gasteiger partial charge in [-0.25, -0.2) is 0 Å². The number of ether oxygens (including phenoxy) is 2. The van der Waals surface area contributed by atoms with E-state index in [2.05, 4.69) is 11.0 Å². The van der Waals surface area contributed by atoms with Gasteiger partial charge < -0.3 is 14.6 Å². The minimum Gasteiger partial charge on any atom is -0.497 e. The molecule has 1 aromatic carbocycles. The number of hydrogen-bond donors (Lipinski definition) is 1. The van der Waals surface area contributed by atoms with Crippen molar-refractivity contribution in [2.24, 2.45) is 0 Å². The predicted octanol–water partition coefficient (Wildman–Crippen LogP) is 1.84. The highest BCUT2D eigenvalue weighted by atomic mass is 16.5. The van der Waals surface area contributed by atoms with Gasteiger partial charge in [0, 0.05) is 19.6 Å². The molecule has 4 heteroatoms. The molecule has 4 nitrogen and oxygen atoms in total. The van der Waals surface area contributed by atoms with Crippen LogP contribution < -0.4 is 4.74 Å². The van der Waals surface area contributed by atoms with Gasteiger partial charge >= 0.3 is 0 Å². The molecule has 1 atom stereocenters. The van der Waals surface area contributed by atoms with Crippen molar-refractivity contribution in [3.05, 3.63) is 29.8 Å². The standard InChI is InChI=1S/C15H23NO3/c1-15(2,17)11-16-7-8-19-14(10-16)12-5-4-6-13(9-12)18-3/h4-6,9,14,17H,7-8,10-11H2,1-3H3. The Balaban J connectivity index is 2.04. The van der Waals surface area contributed by atoms with Crippen LogP contribution in [0.15, 0.2) is 24.3 Å². The summed E-state index contributed by atoms with van der Waals surface area (Å²) in [6, 6.07) is 7.98. The van der Waals surface area contributed by atoms with Gasteiger partial charge in [0.25, 0.3) is 0 Å². The molecule has 2 rings (SSSR count). The number of β-amino-alcohol motifs (C(OH)–C–C–N with tert-alkyl or cyclic N) is 1. The SMILES string of the molecule is COc1cccc(C2CN(CC(C)(C)O)CCO2)c1. The van der Waals surface area contributed by atoms with E-state index in [9.17, 15) is 5.11 Å². The lowest BCUT2D eigenvalue weighted by molar-refractivity contribution is -0.0564. The Morgan fingerprint density at radius 3 is 2.95 bits per heavy atom. The molecule has 0 aromatic heterocycles. The number of aliphatic hydroxyl groups is 1. The number of rotatable bonds is 4. The third-order valence-corrected chi connectivity index (χ3v) is 3.23. The van der Waals surface area contributed by atoms with Crippen molar-refractivity contribution in [2.45, 2.75) is 25.6 Å². The van der Waals surface area contributed by atoms with Crippen molar-refractivity contribution < 1.29 is 14.6 Å². The molecule has 1 N–H and O–H groups in total. The molecule has 1 fully saturated rings. The van der Waals surface area contributed by atoms with E-state index in [1.165, 1.54) is 0 Å². The van der Waals surface area contributed by atoms with Crippen LogP contribution in [0, 0.1) is 0 Å². The van der Waals surface area contributed by atoms with Gasteiger partial charge in [-0.3, -0.25) is 4.90 Å². The van der Waals surface area contributed by atoms with Gasteiger partial charge in [-0.05, 0) is 31.5 Å². The fraction of sp³-hybridized carbons (Fsp3) is 0.600. The second-order valence-electron chi connectivity index (χ2n) is 5.68. The van der Waals surface area contributed by atoms with Crippen LogP contribution in [0.4, 0.5) is 0 Å². The molecule has 0 aliphatic carbocycles. The van der Waals surface area contributed by atoms with E-state index in [-0.39, 0.29) is 6.10 Å². The maximum absolute atomic E-state index is 9.91. The van der Waals surface area contributed by atoms with E-state index in [1.54, 1.807) is 7.11 Å². The Morgan fingerprint density at radius 2 is 2.26 bits per heavy atom. The largest absolute Gasteiger partial charge is 0.497 e. The molecule has 0 amide bonds. The number of methoxy groups -OCH3 is 1. The Hall–Kier alpha value is -1.10. The number of nitrogens with zero attached hydrogens (tertiary/aromatic N) is 1. The first-order valence-electron chi connectivity index (χ1n) is 6.68. The first kappa shape index (κ1) is 14.3. The molecule has 0 saturated carbocycles. The zero-order valence-corrected chi connectivity index (χ0v) is 11.9. The molecule has 1 aromatic rings. The first-order chi connectivity index (χ1) is 8.98. The van der Waals surface area contributed by atoms with E-state index >= 15 is 0 Å². The molecule has 1 aliphatic heterocycles. The topological polar surface area (TPSA) is 41.9 Å². The van der Waals surface area contributed by atoms with Gasteiger partial charge in [-0.2, -0.15) is 0 Å². The summed E-state index contributed by atoms with van der Waals surface area (Å²) in [6.45, 7) is 6.70. The van der Waals surface area contributed by atoms with Crippen LogP contribution in [0.1, 0.15) is 25.5 Å². The highest BCUT2D eigenvalue weighted by Crippen LogP contribution is 2.25. The fourth-order valence-corrected chi connectivity index (χ4v) is 2.44. The Morgan fingerprint density at radius 1 is 1.47 bits per heavy atom. The van der Waals surface area contributed by atoms with Crippen LogP contribution in [0.3, 0.4) is 0 Å².